The molecule has 1 saturated carbocycles. The lowest BCUT2D eigenvalue weighted by Crippen LogP contribution is -2.47. The molecule has 1 saturated heterocycles. The molecule has 1 amide bonds. The lowest BCUT2D eigenvalue weighted by atomic mass is 10.0. The third kappa shape index (κ3) is 3.23. The predicted octanol–water partition coefficient (Wildman–Crippen LogP) is 2.84. The predicted molar refractivity (Wildman–Crippen MR) is 83.1 cm³/mol. The smallest absolute Gasteiger partial charge is 0.237 e. The van der Waals surface area contributed by atoms with E-state index in [1.54, 1.807) is 11.3 Å². The van der Waals surface area contributed by atoms with Crippen molar-refractivity contribution in [2.24, 2.45) is 5.92 Å². The fourth-order valence-corrected chi connectivity index (χ4v) is 3.92. The molecule has 2 aliphatic rings. The second kappa shape index (κ2) is 6.27. The van der Waals surface area contributed by atoms with E-state index >= 15 is 0 Å². The van der Waals surface area contributed by atoms with Gasteiger partial charge in [-0.2, -0.15) is 11.3 Å². The monoisotopic (exact) mass is 292 g/mol. The number of carbonyl (C=O) groups excluding carboxylic acids is 1. The molecule has 0 aromatic carbocycles. The van der Waals surface area contributed by atoms with Gasteiger partial charge in [-0.25, -0.2) is 0 Å². The second-order valence-corrected chi connectivity index (χ2v) is 7.01. The van der Waals surface area contributed by atoms with E-state index in [4.69, 9.17) is 0 Å². The van der Waals surface area contributed by atoms with E-state index in [1.807, 2.05) is 0 Å². The van der Waals surface area contributed by atoms with Crippen molar-refractivity contribution in [3.8, 4) is 0 Å². The molecule has 3 nitrogen and oxygen atoms in total. The lowest BCUT2D eigenvalue weighted by Gasteiger charge is -2.27. The number of carbonyl (C=O) groups is 1. The first-order valence-corrected chi connectivity index (χ1v) is 8.74. The summed E-state index contributed by atoms with van der Waals surface area (Å²) in [6.45, 7) is 5.15. The number of rotatable bonds is 6. The molecule has 20 heavy (non-hydrogen) atoms. The molecule has 4 heteroatoms. The van der Waals surface area contributed by atoms with E-state index < -0.39 is 0 Å². The Kier molecular flexibility index (Phi) is 4.41. The summed E-state index contributed by atoms with van der Waals surface area (Å²) < 4.78 is 0. The van der Waals surface area contributed by atoms with Crippen LogP contribution in [0.5, 0.6) is 0 Å². The van der Waals surface area contributed by atoms with Gasteiger partial charge in [0.15, 0.2) is 0 Å². The molecule has 1 aromatic rings. The van der Waals surface area contributed by atoms with Gasteiger partial charge in [-0.3, -0.25) is 9.69 Å². The molecule has 0 radical (unpaired) electrons. The van der Waals surface area contributed by atoms with Crippen LogP contribution in [0.15, 0.2) is 16.8 Å². The lowest BCUT2D eigenvalue weighted by molar-refractivity contribution is -0.126. The van der Waals surface area contributed by atoms with Crippen LogP contribution in [0.2, 0.25) is 0 Å². The summed E-state index contributed by atoms with van der Waals surface area (Å²) in [5.74, 6) is 1.28. The molecular weight excluding hydrogens is 268 g/mol. The van der Waals surface area contributed by atoms with Crippen LogP contribution in [0.25, 0.3) is 0 Å². The number of nitrogens with one attached hydrogen (secondary N) is 1. The van der Waals surface area contributed by atoms with Crippen molar-refractivity contribution in [1.29, 1.82) is 0 Å². The first-order valence-electron chi connectivity index (χ1n) is 7.79. The summed E-state index contributed by atoms with van der Waals surface area (Å²) in [6.07, 6.45) is 4.97. The first kappa shape index (κ1) is 14.1. The molecule has 1 N–H and O–H groups in total. The Morgan fingerprint density at radius 1 is 1.45 bits per heavy atom. The maximum absolute atomic E-state index is 12.5. The van der Waals surface area contributed by atoms with E-state index in [-0.39, 0.29) is 11.9 Å². The normalized spacial score (nSPS) is 22.6. The topological polar surface area (TPSA) is 32.3 Å². The van der Waals surface area contributed by atoms with Crippen molar-refractivity contribution < 1.29 is 4.79 Å². The molecule has 0 spiro atoms. The number of nitrogens with zero attached hydrogens (tertiary/aromatic N) is 1. The second-order valence-electron chi connectivity index (χ2n) is 6.23. The molecule has 2 atom stereocenters. The number of amides is 1. The number of hydrogen-bond acceptors (Lipinski definition) is 3. The maximum atomic E-state index is 12.5. The summed E-state index contributed by atoms with van der Waals surface area (Å²) in [5.41, 5.74) is 1.33. The summed E-state index contributed by atoms with van der Waals surface area (Å²) >= 11 is 1.72. The molecule has 0 unspecified atom stereocenters. The molecule has 1 aliphatic carbocycles. The van der Waals surface area contributed by atoms with Gasteiger partial charge in [0.25, 0.3) is 0 Å². The van der Waals surface area contributed by atoms with Crippen LogP contribution in [0, 0.1) is 5.92 Å². The minimum absolute atomic E-state index is 0.146. The van der Waals surface area contributed by atoms with E-state index in [0.717, 1.165) is 19.6 Å². The number of hydrogen-bond donors (Lipinski definition) is 1. The minimum Gasteiger partial charge on any atom is -0.354 e. The Labute approximate surface area is 125 Å². The van der Waals surface area contributed by atoms with Gasteiger partial charge in [0, 0.05) is 6.54 Å². The van der Waals surface area contributed by atoms with E-state index in [0.29, 0.717) is 11.8 Å². The Morgan fingerprint density at radius 2 is 2.20 bits per heavy atom. The number of likely N-dealkylation sites (tertiary alicyclic amines) is 1. The van der Waals surface area contributed by atoms with Crippen molar-refractivity contribution in [2.75, 3.05) is 19.6 Å². The Bertz CT molecular complexity index is 435. The van der Waals surface area contributed by atoms with Crippen LogP contribution >= 0.6 is 11.3 Å². The zero-order valence-electron chi connectivity index (χ0n) is 12.2. The molecule has 2 fully saturated rings. The standard InChI is InChI=1S/C16H24N2OS/c1-12(14-6-9-20-11-14)10-17-16(19)15(13-4-5-13)18-7-2-3-8-18/h6,9,11-13,15H,2-5,7-8,10H2,1H3,(H,17,19)/t12-,15-/m0/s1. The Morgan fingerprint density at radius 3 is 2.80 bits per heavy atom. The first-order chi connectivity index (χ1) is 9.75. The summed E-state index contributed by atoms with van der Waals surface area (Å²) in [5, 5.41) is 7.47. The van der Waals surface area contributed by atoms with Gasteiger partial charge in [-0.15, -0.1) is 0 Å². The third-order valence-corrected chi connectivity index (χ3v) is 5.27. The van der Waals surface area contributed by atoms with Crippen LogP contribution in [0.4, 0.5) is 0 Å². The third-order valence-electron chi connectivity index (χ3n) is 4.57. The van der Waals surface area contributed by atoms with E-state index in [2.05, 4.69) is 34.0 Å². The highest BCUT2D eigenvalue weighted by molar-refractivity contribution is 7.07. The van der Waals surface area contributed by atoms with Crippen molar-refractivity contribution in [3.63, 3.8) is 0 Å². The fourth-order valence-electron chi connectivity index (χ4n) is 3.14. The van der Waals surface area contributed by atoms with Gasteiger partial charge in [0.05, 0.1) is 6.04 Å². The van der Waals surface area contributed by atoms with Crippen molar-refractivity contribution >= 4 is 17.2 Å². The zero-order valence-corrected chi connectivity index (χ0v) is 13.0. The highest BCUT2D eigenvalue weighted by Gasteiger charge is 2.40. The SMILES string of the molecule is C[C@@H](CNC(=O)[C@H](C1CC1)N1CCCC1)c1ccsc1. The summed E-state index contributed by atoms with van der Waals surface area (Å²) in [6, 6.07) is 2.30. The Hall–Kier alpha value is -0.870. The van der Waals surface area contributed by atoms with Gasteiger partial charge in [-0.1, -0.05) is 6.92 Å². The average Bonchev–Trinajstić information content (AvgIpc) is 2.96. The highest BCUT2D eigenvalue weighted by atomic mass is 32.1. The minimum atomic E-state index is 0.146. The molecule has 1 aliphatic heterocycles. The van der Waals surface area contributed by atoms with Gasteiger partial charge < -0.3 is 5.32 Å². The number of thiophene rings is 1. The van der Waals surface area contributed by atoms with Crippen LogP contribution < -0.4 is 5.32 Å². The molecule has 2 heterocycles. The summed E-state index contributed by atoms with van der Waals surface area (Å²) in [7, 11) is 0. The Balaban J connectivity index is 1.54. The van der Waals surface area contributed by atoms with Crippen LogP contribution in [-0.2, 0) is 4.79 Å². The molecule has 110 valence electrons. The molecule has 3 rings (SSSR count). The van der Waals surface area contributed by atoms with Crippen LogP contribution in [-0.4, -0.2) is 36.5 Å². The van der Waals surface area contributed by atoms with Crippen LogP contribution in [0.1, 0.15) is 44.1 Å². The van der Waals surface area contributed by atoms with Crippen LogP contribution in [0.3, 0.4) is 0 Å². The zero-order chi connectivity index (χ0) is 13.9. The van der Waals surface area contributed by atoms with E-state index in [9.17, 15) is 4.79 Å². The van der Waals surface area contributed by atoms with Crippen molar-refractivity contribution in [1.82, 2.24) is 10.2 Å². The molecule has 1 aromatic heterocycles. The van der Waals surface area contributed by atoms with Crippen molar-refractivity contribution in [3.05, 3.63) is 22.4 Å². The average molecular weight is 292 g/mol. The largest absolute Gasteiger partial charge is 0.354 e. The van der Waals surface area contributed by atoms with Gasteiger partial charge in [0.2, 0.25) is 5.91 Å². The van der Waals surface area contributed by atoms with Crippen molar-refractivity contribution in [2.45, 2.75) is 44.6 Å². The van der Waals surface area contributed by atoms with E-state index in [1.165, 1.54) is 31.2 Å². The quantitative estimate of drug-likeness (QED) is 0.874. The molecular formula is C16H24N2OS. The fraction of sp³-hybridized carbons (Fsp3) is 0.688. The maximum Gasteiger partial charge on any atom is 0.237 e. The molecule has 0 bridgehead atoms. The summed E-state index contributed by atoms with van der Waals surface area (Å²) in [4.78, 5) is 14.9. The van der Waals surface area contributed by atoms with Gasteiger partial charge in [-0.05, 0) is 73.0 Å². The van der Waals surface area contributed by atoms with Gasteiger partial charge >= 0.3 is 0 Å². The highest BCUT2D eigenvalue weighted by Crippen LogP contribution is 2.36. The van der Waals surface area contributed by atoms with Gasteiger partial charge in [0.1, 0.15) is 0 Å².